The summed E-state index contributed by atoms with van der Waals surface area (Å²) in [6, 6.07) is 0. The second-order valence-electron chi connectivity index (χ2n) is 2.42. The molecule has 5 nitrogen and oxygen atoms in total. The van der Waals surface area contributed by atoms with Gasteiger partial charge in [0, 0.05) is 13.3 Å². The zero-order valence-electron chi connectivity index (χ0n) is 7.51. The Kier molecular flexibility index (Phi) is 3.64. The van der Waals surface area contributed by atoms with Crippen molar-refractivity contribution < 1.29 is 12.9 Å². The van der Waals surface area contributed by atoms with Crippen LogP contribution in [0.5, 0.6) is 0 Å². The molecule has 1 rings (SSSR count). The van der Waals surface area contributed by atoms with Gasteiger partial charge in [0.15, 0.2) is 24.4 Å². The van der Waals surface area contributed by atoms with Crippen molar-refractivity contribution in [3.05, 3.63) is 11.8 Å². The lowest BCUT2D eigenvalue weighted by Gasteiger charge is -2.11. The summed E-state index contributed by atoms with van der Waals surface area (Å²) in [5, 5.41) is 3.73. The van der Waals surface area contributed by atoms with E-state index in [1.165, 1.54) is 23.8 Å². The summed E-state index contributed by atoms with van der Waals surface area (Å²) in [4.78, 5) is 10.6. The Labute approximate surface area is 87.3 Å². The highest BCUT2D eigenvalue weighted by molar-refractivity contribution is 7.92. The third-order valence-electron chi connectivity index (χ3n) is 1.58. The quantitative estimate of drug-likeness (QED) is 0.727. The molecule has 0 N–H and O–H groups in total. The fourth-order valence-electron chi connectivity index (χ4n) is 0.842. The van der Waals surface area contributed by atoms with Crippen LogP contribution in [0.4, 0.5) is 9.70 Å². The second-order valence-corrected chi connectivity index (χ2v) is 4.33. The van der Waals surface area contributed by atoms with Gasteiger partial charge in [-0.2, -0.15) is 4.09 Å². The molecule has 1 heterocycles. The molecule has 1 aromatic heterocycles. The van der Waals surface area contributed by atoms with Crippen molar-refractivity contribution in [3.8, 4) is 0 Å². The Morgan fingerprint density at radius 1 is 1.79 bits per heavy atom. The molecule has 78 valence electrons. The van der Waals surface area contributed by atoms with Crippen molar-refractivity contribution in [2.75, 3.05) is 17.6 Å². The molecule has 1 unspecified atom stereocenters. The number of hydrogen-bond donors (Lipinski definition) is 0. The van der Waals surface area contributed by atoms with E-state index in [2.05, 4.69) is 5.10 Å². The average molecular weight is 237 g/mol. The van der Waals surface area contributed by atoms with Crippen molar-refractivity contribution in [1.29, 1.82) is 0 Å². The number of carbonyl (C=O) groups excluding carboxylic acids is 1. The fraction of sp³-hybridized carbons (Fsp3) is 0.333. The molecular formula is C6H8FN3O2S2. The minimum absolute atomic E-state index is 0.131. The first-order chi connectivity index (χ1) is 6.60. The Morgan fingerprint density at radius 3 is 2.86 bits per heavy atom. The van der Waals surface area contributed by atoms with Crippen LogP contribution in [0.25, 0.3) is 0 Å². The zero-order chi connectivity index (χ0) is 10.7. The number of anilines is 1. The highest BCUT2D eigenvalue weighted by Gasteiger charge is 2.15. The monoisotopic (exact) mass is 237 g/mol. The van der Waals surface area contributed by atoms with E-state index in [1.807, 2.05) is 0 Å². The number of hydrogen-bond acceptors (Lipinski definition) is 4. The van der Waals surface area contributed by atoms with Crippen molar-refractivity contribution in [1.82, 2.24) is 9.19 Å². The van der Waals surface area contributed by atoms with E-state index < -0.39 is 11.0 Å². The molecule has 0 aliphatic heterocycles. The van der Waals surface area contributed by atoms with Crippen LogP contribution in [0.15, 0.2) is 6.20 Å². The van der Waals surface area contributed by atoms with Crippen molar-refractivity contribution >= 4 is 35.4 Å². The van der Waals surface area contributed by atoms with E-state index in [9.17, 15) is 12.9 Å². The van der Waals surface area contributed by atoms with Gasteiger partial charge >= 0.3 is 0 Å². The number of nitrogens with zero attached hydrogens (tertiary/aromatic N) is 3. The summed E-state index contributed by atoms with van der Waals surface area (Å²) in [6.45, 7) is 0. The first-order valence-electron chi connectivity index (χ1n) is 3.51. The molecule has 0 fully saturated rings. The molecule has 14 heavy (non-hydrogen) atoms. The maximum absolute atomic E-state index is 12.1. The number of rotatable bonds is 4. The normalized spacial score (nSPS) is 12.5. The lowest BCUT2D eigenvalue weighted by molar-refractivity contribution is 0.112. The molecule has 0 saturated carbocycles. The molecule has 0 radical (unpaired) electrons. The van der Waals surface area contributed by atoms with Crippen LogP contribution in [0.2, 0.25) is 0 Å². The molecule has 0 aliphatic carbocycles. The molecule has 0 saturated heterocycles. The molecular weight excluding hydrogens is 229 g/mol. The molecule has 8 heteroatoms. The lowest BCUT2D eigenvalue weighted by Crippen LogP contribution is -2.20. The van der Waals surface area contributed by atoms with Crippen LogP contribution in [-0.2, 0) is 11.0 Å². The molecule has 0 aromatic carbocycles. The van der Waals surface area contributed by atoms with Gasteiger partial charge in [-0.05, 0) is 0 Å². The Balaban J connectivity index is 3.11. The lowest BCUT2D eigenvalue weighted by atomic mass is 10.4. The summed E-state index contributed by atoms with van der Waals surface area (Å²) in [5.41, 5.74) is 0.202. The topological polar surface area (TPSA) is 55.2 Å². The maximum atomic E-state index is 12.1. The predicted octanol–water partition coefficient (Wildman–Crippen LogP) is 0.806. The number of carbonyl (C=O) groups is 1. The van der Waals surface area contributed by atoms with Crippen molar-refractivity contribution in [2.45, 2.75) is 0 Å². The summed E-state index contributed by atoms with van der Waals surface area (Å²) in [6.07, 6.45) is 3.21. The van der Waals surface area contributed by atoms with Gasteiger partial charge in [0.05, 0.1) is 11.8 Å². The first-order valence-corrected chi connectivity index (χ1v) is 5.70. The van der Waals surface area contributed by atoms with Gasteiger partial charge in [0.25, 0.3) is 0 Å². The molecule has 0 bridgehead atoms. The van der Waals surface area contributed by atoms with Gasteiger partial charge < -0.3 is 0 Å². The summed E-state index contributed by atoms with van der Waals surface area (Å²) in [5.74, 6) is 0.200. The van der Waals surface area contributed by atoms with Gasteiger partial charge in [-0.1, -0.05) is 0 Å². The van der Waals surface area contributed by atoms with E-state index in [0.29, 0.717) is 6.29 Å². The van der Waals surface area contributed by atoms with Gasteiger partial charge in [-0.15, -0.1) is 8.98 Å². The average Bonchev–Trinajstić information content (AvgIpc) is 2.59. The third-order valence-corrected chi connectivity index (χ3v) is 2.86. The zero-order valence-corrected chi connectivity index (χ0v) is 9.14. The third kappa shape index (κ3) is 2.13. The first kappa shape index (κ1) is 11.2. The molecule has 1 aromatic rings. The van der Waals surface area contributed by atoms with E-state index in [4.69, 9.17) is 0 Å². The smallest absolute Gasteiger partial charge is 0.187 e. The largest absolute Gasteiger partial charge is 0.298 e. The summed E-state index contributed by atoms with van der Waals surface area (Å²) < 4.78 is 25.4. The molecule has 1 atom stereocenters. The highest BCUT2D eigenvalue weighted by Crippen LogP contribution is 2.19. The summed E-state index contributed by atoms with van der Waals surface area (Å²) >= 11 is -0.131. The van der Waals surface area contributed by atoms with Gasteiger partial charge in [0.1, 0.15) is 11.0 Å². The Morgan fingerprint density at radius 2 is 2.43 bits per heavy atom. The maximum Gasteiger partial charge on any atom is 0.187 e. The van der Waals surface area contributed by atoms with E-state index >= 15 is 0 Å². The highest BCUT2D eigenvalue weighted by atomic mass is 32.2. The van der Waals surface area contributed by atoms with Crippen LogP contribution >= 0.6 is 12.3 Å². The summed E-state index contributed by atoms with van der Waals surface area (Å²) in [7, 11) is 0.218. The molecule has 0 amide bonds. The number of aromatic nitrogens is 2. The van der Waals surface area contributed by atoms with Gasteiger partial charge in [-0.3, -0.25) is 9.10 Å². The van der Waals surface area contributed by atoms with Crippen LogP contribution in [0.3, 0.4) is 0 Å². The SMILES string of the molecule is CN(c1nn(SF)cc1C=O)S(C)=O. The van der Waals surface area contributed by atoms with E-state index in [-0.39, 0.29) is 23.7 Å². The van der Waals surface area contributed by atoms with Gasteiger partial charge in [0.2, 0.25) is 0 Å². The Bertz CT molecular complexity index is 368. The second kappa shape index (κ2) is 4.56. The van der Waals surface area contributed by atoms with E-state index in [0.717, 1.165) is 4.09 Å². The van der Waals surface area contributed by atoms with Crippen LogP contribution in [-0.4, -0.2) is 33.0 Å². The standard InChI is InChI=1S/C6H8FN3O2S2/c1-9(14(2)12)6-5(4-11)3-10(8-6)13-7/h3-4H,1-2H3. The Hall–Kier alpha value is -0.890. The molecule has 0 spiro atoms. The minimum atomic E-state index is -1.29. The van der Waals surface area contributed by atoms with Crippen LogP contribution in [0, 0.1) is 0 Å². The number of aldehydes is 1. The number of halogens is 1. The molecule has 0 aliphatic rings. The predicted molar refractivity (Wildman–Crippen MR) is 54.2 cm³/mol. The van der Waals surface area contributed by atoms with E-state index in [1.54, 1.807) is 0 Å². The van der Waals surface area contributed by atoms with Crippen molar-refractivity contribution in [3.63, 3.8) is 0 Å². The van der Waals surface area contributed by atoms with Crippen LogP contribution < -0.4 is 4.31 Å². The van der Waals surface area contributed by atoms with Gasteiger partial charge in [-0.25, -0.2) is 4.21 Å². The fourth-order valence-corrected chi connectivity index (χ4v) is 1.49. The van der Waals surface area contributed by atoms with Crippen molar-refractivity contribution in [2.24, 2.45) is 0 Å². The minimum Gasteiger partial charge on any atom is -0.298 e. The van der Waals surface area contributed by atoms with Crippen LogP contribution in [0.1, 0.15) is 10.4 Å².